The first-order valence-electron chi connectivity index (χ1n) is 3.23. The average Bonchev–Trinajstić information content (AvgIpc) is 2.80. The zero-order valence-corrected chi connectivity index (χ0v) is 6.06. The normalized spacial score (nSPS) is 27.8. The molecule has 5 nitrogen and oxygen atoms in total. The Hall–Kier alpha value is -0.940. The molecule has 1 amide bonds. The first-order valence-corrected chi connectivity index (χ1v) is 3.23. The lowest BCUT2D eigenvalue weighted by Gasteiger charge is -2.09. The van der Waals surface area contributed by atoms with E-state index < -0.39 is 5.91 Å². The zero-order valence-electron chi connectivity index (χ0n) is 6.06. The highest BCUT2D eigenvalue weighted by Crippen LogP contribution is 2.37. The van der Waals surface area contributed by atoms with Gasteiger partial charge in [-0.25, -0.2) is 4.84 Å². The van der Waals surface area contributed by atoms with Crippen molar-refractivity contribution in [3.63, 3.8) is 0 Å². The van der Waals surface area contributed by atoms with Crippen LogP contribution in [-0.2, 0) is 14.4 Å². The Morgan fingerprint density at radius 2 is 2.45 bits per heavy atom. The van der Waals surface area contributed by atoms with Gasteiger partial charge in [0, 0.05) is 5.92 Å². The van der Waals surface area contributed by atoms with Crippen molar-refractivity contribution in [3.05, 3.63) is 0 Å². The third kappa shape index (κ3) is 1.55. The Kier molecular flexibility index (Phi) is 2.21. The molecule has 0 spiro atoms. The van der Waals surface area contributed by atoms with Crippen LogP contribution >= 0.6 is 0 Å². The molecule has 0 heterocycles. The molecule has 1 N–H and O–H groups in total. The highest BCUT2D eigenvalue weighted by Gasteiger charge is 2.45. The lowest BCUT2D eigenvalue weighted by Crippen LogP contribution is -2.28. The first-order chi connectivity index (χ1) is 5.20. The van der Waals surface area contributed by atoms with Crippen molar-refractivity contribution in [1.29, 1.82) is 0 Å². The SMILES string of the molecule is CON(O)C(=O)C1CC1C=O. The van der Waals surface area contributed by atoms with Gasteiger partial charge in [-0.05, 0) is 6.42 Å². The van der Waals surface area contributed by atoms with Crippen LogP contribution in [-0.4, -0.2) is 29.7 Å². The molecule has 0 aromatic rings. The summed E-state index contributed by atoms with van der Waals surface area (Å²) in [6, 6.07) is 0. The van der Waals surface area contributed by atoms with Crippen molar-refractivity contribution < 1.29 is 19.6 Å². The highest BCUT2D eigenvalue weighted by atomic mass is 16.9. The van der Waals surface area contributed by atoms with Crippen LogP contribution in [0.2, 0.25) is 0 Å². The Labute approximate surface area is 63.5 Å². The third-order valence-corrected chi connectivity index (χ3v) is 1.69. The largest absolute Gasteiger partial charge is 0.303 e. The van der Waals surface area contributed by atoms with E-state index in [1.807, 2.05) is 0 Å². The van der Waals surface area contributed by atoms with Crippen molar-refractivity contribution in [2.24, 2.45) is 11.8 Å². The van der Waals surface area contributed by atoms with Gasteiger partial charge < -0.3 is 4.79 Å². The van der Waals surface area contributed by atoms with E-state index in [2.05, 4.69) is 4.84 Å². The molecule has 1 rings (SSSR count). The van der Waals surface area contributed by atoms with Gasteiger partial charge in [-0.2, -0.15) is 0 Å². The highest BCUT2D eigenvalue weighted by molar-refractivity contribution is 5.84. The second-order valence-electron chi connectivity index (χ2n) is 2.44. The third-order valence-electron chi connectivity index (χ3n) is 1.69. The molecule has 5 heteroatoms. The van der Waals surface area contributed by atoms with Gasteiger partial charge in [-0.1, -0.05) is 5.23 Å². The average molecular weight is 159 g/mol. The fourth-order valence-electron chi connectivity index (χ4n) is 0.881. The van der Waals surface area contributed by atoms with Crippen molar-refractivity contribution >= 4 is 12.2 Å². The second-order valence-corrected chi connectivity index (χ2v) is 2.44. The number of hydrogen-bond acceptors (Lipinski definition) is 4. The van der Waals surface area contributed by atoms with E-state index in [0.717, 1.165) is 0 Å². The van der Waals surface area contributed by atoms with Gasteiger partial charge in [0.1, 0.15) is 6.29 Å². The predicted octanol–water partition coefficient (Wildman–Crippen LogP) is -0.399. The fraction of sp³-hybridized carbons (Fsp3) is 0.667. The van der Waals surface area contributed by atoms with E-state index in [1.165, 1.54) is 7.11 Å². The molecule has 0 aliphatic heterocycles. The number of hydrogen-bond donors (Lipinski definition) is 1. The summed E-state index contributed by atoms with van der Waals surface area (Å²) >= 11 is 0. The van der Waals surface area contributed by atoms with E-state index in [-0.39, 0.29) is 17.1 Å². The fourth-order valence-corrected chi connectivity index (χ4v) is 0.881. The lowest BCUT2D eigenvalue weighted by atomic mass is 10.3. The molecule has 2 unspecified atom stereocenters. The molecule has 0 bridgehead atoms. The van der Waals surface area contributed by atoms with Crippen LogP contribution in [0.25, 0.3) is 0 Å². The minimum Gasteiger partial charge on any atom is -0.303 e. The molecule has 0 aromatic heterocycles. The van der Waals surface area contributed by atoms with Gasteiger partial charge in [0.15, 0.2) is 0 Å². The molecule has 0 saturated heterocycles. The molecule has 1 aliphatic carbocycles. The number of carbonyl (C=O) groups excluding carboxylic acids is 2. The maximum atomic E-state index is 10.9. The molecular weight excluding hydrogens is 150 g/mol. The lowest BCUT2D eigenvalue weighted by molar-refractivity contribution is -0.303. The van der Waals surface area contributed by atoms with E-state index in [1.54, 1.807) is 0 Å². The van der Waals surface area contributed by atoms with Crippen LogP contribution in [0.3, 0.4) is 0 Å². The summed E-state index contributed by atoms with van der Waals surface area (Å²) in [7, 11) is 1.18. The minimum absolute atomic E-state index is 0.161. The molecule has 0 radical (unpaired) electrons. The van der Waals surface area contributed by atoms with E-state index in [4.69, 9.17) is 5.21 Å². The molecule has 1 aliphatic rings. The number of hydroxylamine groups is 2. The Balaban J connectivity index is 2.38. The van der Waals surface area contributed by atoms with Crippen LogP contribution < -0.4 is 0 Å². The second kappa shape index (κ2) is 2.98. The van der Waals surface area contributed by atoms with Crippen LogP contribution in [0.15, 0.2) is 0 Å². The van der Waals surface area contributed by atoms with E-state index in [9.17, 15) is 9.59 Å². The summed E-state index contributed by atoms with van der Waals surface area (Å²) in [5.74, 6) is -1.16. The molecule has 2 atom stereocenters. The summed E-state index contributed by atoms with van der Waals surface area (Å²) in [5.41, 5.74) is 0. The van der Waals surface area contributed by atoms with E-state index in [0.29, 0.717) is 12.7 Å². The minimum atomic E-state index is -0.551. The van der Waals surface area contributed by atoms with Crippen LogP contribution in [0, 0.1) is 11.8 Å². The van der Waals surface area contributed by atoms with Crippen LogP contribution in [0.4, 0.5) is 0 Å². The molecular formula is C6H9NO4. The maximum absolute atomic E-state index is 10.9. The van der Waals surface area contributed by atoms with Crippen molar-refractivity contribution in [2.75, 3.05) is 7.11 Å². The van der Waals surface area contributed by atoms with Crippen molar-refractivity contribution in [3.8, 4) is 0 Å². The Morgan fingerprint density at radius 1 is 1.82 bits per heavy atom. The van der Waals surface area contributed by atoms with Crippen molar-refractivity contribution in [2.45, 2.75) is 6.42 Å². The number of amides is 1. The molecule has 0 aromatic carbocycles. The van der Waals surface area contributed by atoms with Gasteiger partial charge in [-0.15, -0.1) is 0 Å². The number of nitrogens with zero attached hydrogens (tertiary/aromatic N) is 1. The Bertz CT molecular complexity index is 181. The predicted molar refractivity (Wildman–Crippen MR) is 33.3 cm³/mol. The van der Waals surface area contributed by atoms with Gasteiger partial charge in [0.25, 0.3) is 5.91 Å². The Morgan fingerprint density at radius 3 is 2.82 bits per heavy atom. The van der Waals surface area contributed by atoms with Gasteiger partial charge in [-0.3, -0.25) is 10.0 Å². The molecule has 62 valence electrons. The number of aldehydes is 1. The standard InChI is InChI=1S/C6H9NO4/c1-11-7(10)6(9)5-2-4(5)3-8/h3-5,10H,2H2,1H3. The van der Waals surface area contributed by atoms with E-state index >= 15 is 0 Å². The summed E-state index contributed by atoms with van der Waals surface area (Å²) in [6.07, 6.45) is 1.23. The maximum Gasteiger partial charge on any atom is 0.277 e. The van der Waals surface area contributed by atoms with Crippen molar-refractivity contribution in [1.82, 2.24) is 5.23 Å². The quantitative estimate of drug-likeness (QED) is 0.345. The topological polar surface area (TPSA) is 66.8 Å². The van der Waals surface area contributed by atoms with Crippen LogP contribution in [0.1, 0.15) is 6.42 Å². The van der Waals surface area contributed by atoms with Crippen LogP contribution in [0.5, 0.6) is 0 Å². The number of rotatable bonds is 3. The monoisotopic (exact) mass is 159 g/mol. The van der Waals surface area contributed by atoms with Gasteiger partial charge in [0.05, 0.1) is 13.0 Å². The first kappa shape index (κ1) is 8.16. The smallest absolute Gasteiger partial charge is 0.277 e. The summed E-state index contributed by atoms with van der Waals surface area (Å²) < 4.78 is 0. The molecule has 11 heavy (non-hydrogen) atoms. The molecule has 1 saturated carbocycles. The zero-order chi connectivity index (χ0) is 8.43. The molecule has 1 fully saturated rings. The number of carbonyl (C=O) groups is 2. The summed E-state index contributed by atoms with van der Waals surface area (Å²) in [6.45, 7) is 0. The summed E-state index contributed by atoms with van der Waals surface area (Å²) in [4.78, 5) is 25.2. The summed E-state index contributed by atoms with van der Waals surface area (Å²) in [5, 5.41) is 8.86. The van der Waals surface area contributed by atoms with Gasteiger partial charge >= 0.3 is 0 Å². The van der Waals surface area contributed by atoms with Gasteiger partial charge in [0.2, 0.25) is 0 Å².